The van der Waals surface area contributed by atoms with Gasteiger partial charge >= 0.3 is 0 Å². The van der Waals surface area contributed by atoms with Gasteiger partial charge in [-0.15, -0.1) is 0 Å². The number of aromatic nitrogens is 4. The summed E-state index contributed by atoms with van der Waals surface area (Å²) in [4.78, 5) is 19.4. The molecular weight excluding hydrogens is 671 g/mol. The maximum absolute atomic E-state index is 4.97. The first-order valence-electron chi connectivity index (χ1n) is 18.8. The van der Waals surface area contributed by atoms with Crippen molar-refractivity contribution in [2.45, 2.75) is 5.92 Å². The number of anilines is 6. The van der Waals surface area contributed by atoms with Crippen LogP contribution in [0.3, 0.4) is 0 Å². The van der Waals surface area contributed by atoms with E-state index in [9.17, 15) is 0 Å². The van der Waals surface area contributed by atoms with Gasteiger partial charge in [-0.25, -0.2) is 15.0 Å². The van der Waals surface area contributed by atoms with Gasteiger partial charge in [0.2, 0.25) is 6.71 Å². The Balaban J connectivity index is 1.24. The van der Waals surface area contributed by atoms with E-state index >= 15 is 0 Å². The Morgan fingerprint density at radius 1 is 0.564 bits per heavy atom. The highest BCUT2D eigenvalue weighted by Gasteiger charge is 2.49. The van der Waals surface area contributed by atoms with E-state index in [2.05, 4.69) is 148 Å². The number of pyridine rings is 3. The van der Waals surface area contributed by atoms with Crippen LogP contribution in [0, 0.1) is 0 Å². The van der Waals surface area contributed by atoms with Gasteiger partial charge in [-0.3, -0.25) is 9.47 Å². The minimum atomic E-state index is -0.0576. The Bertz CT molecular complexity index is 2910. The summed E-state index contributed by atoms with van der Waals surface area (Å²) < 4.78 is 2.42. The summed E-state index contributed by atoms with van der Waals surface area (Å²) in [6, 6.07) is 58.7. The van der Waals surface area contributed by atoms with E-state index in [0.717, 1.165) is 40.0 Å². The van der Waals surface area contributed by atoms with Crippen LogP contribution < -0.4 is 26.2 Å². The van der Waals surface area contributed by atoms with Crippen LogP contribution in [-0.2, 0) is 0 Å². The highest BCUT2D eigenvalue weighted by atomic mass is 15.2. The van der Waals surface area contributed by atoms with Gasteiger partial charge in [-0.2, -0.15) is 0 Å². The Morgan fingerprint density at radius 3 is 2.02 bits per heavy atom. The molecular formula is C48H31BN6. The van der Waals surface area contributed by atoms with Crippen molar-refractivity contribution in [3.05, 3.63) is 199 Å². The van der Waals surface area contributed by atoms with E-state index < -0.39 is 0 Å². The first kappa shape index (κ1) is 30.2. The van der Waals surface area contributed by atoms with Gasteiger partial charge in [-0.1, -0.05) is 96.5 Å². The van der Waals surface area contributed by atoms with Gasteiger partial charge in [0.25, 0.3) is 0 Å². The molecule has 4 aromatic heterocycles. The molecule has 55 heavy (non-hydrogen) atoms. The van der Waals surface area contributed by atoms with Crippen molar-refractivity contribution < 1.29 is 0 Å². The highest BCUT2D eigenvalue weighted by molar-refractivity contribution is 6.99. The van der Waals surface area contributed by atoms with Crippen LogP contribution in [0.25, 0.3) is 27.8 Å². The van der Waals surface area contributed by atoms with E-state index in [4.69, 9.17) is 15.0 Å². The summed E-state index contributed by atoms with van der Waals surface area (Å²) in [5.41, 5.74) is 16.1. The Kier molecular flexibility index (Phi) is 6.39. The fourth-order valence-electron chi connectivity index (χ4n) is 9.63. The quantitative estimate of drug-likeness (QED) is 0.168. The summed E-state index contributed by atoms with van der Waals surface area (Å²) >= 11 is 0. The van der Waals surface area contributed by atoms with Crippen LogP contribution in [0.4, 0.5) is 34.4 Å². The van der Waals surface area contributed by atoms with Gasteiger partial charge in [0.05, 0.1) is 17.1 Å². The molecule has 12 rings (SSSR count). The van der Waals surface area contributed by atoms with E-state index in [1.807, 2.05) is 48.9 Å². The molecule has 0 saturated heterocycles. The molecule has 0 amide bonds. The predicted octanol–water partition coefficient (Wildman–Crippen LogP) is 9.06. The summed E-state index contributed by atoms with van der Waals surface area (Å²) in [5, 5.41) is 1.24. The minimum Gasteiger partial charge on any atom is -0.311 e. The van der Waals surface area contributed by atoms with E-state index in [0.29, 0.717) is 0 Å². The molecule has 5 aromatic carbocycles. The number of fused-ring (bicyclic) bond motifs is 9. The van der Waals surface area contributed by atoms with Gasteiger partial charge in [0.1, 0.15) is 17.5 Å². The van der Waals surface area contributed by atoms with Gasteiger partial charge < -0.3 is 4.90 Å². The molecule has 1 unspecified atom stereocenters. The summed E-state index contributed by atoms with van der Waals surface area (Å²) in [5.74, 6) is 2.47. The first-order chi connectivity index (χ1) is 27.3. The second kappa shape index (κ2) is 11.6. The average Bonchev–Trinajstić information content (AvgIpc) is 3.77. The third-order valence-electron chi connectivity index (χ3n) is 11.6. The molecule has 0 N–H and O–H groups in total. The van der Waals surface area contributed by atoms with Gasteiger partial charge in [-0.05, 0) is 100 Å². The number of hydrogen-bond acceptors (Lipinski definition) is 5. The van der Waals surface area contributed by atoms with Crippen LogP contribution in [0.5, 0.6) is 0 Å². The van der Waals surface area contributed by atoms with Crippen molar-refractivity contribution in [2.75, 3.05) is 9.80 Å². The Morgan fingerprint density at radius 2 is 1.25 bits per heavy atom. The molecule has 256 valence electrons. The van der Waals surface area contributed by atoms with Crippen molar-refractivity contribution in [3.63, 3.8) is 0 Å². The maximum atomic E-state index is 4.97. The number of benzene rings is 5. The van der Waals surface area contributed by atoms with Crippen molar-refractivity contribution >= 4 is 68.4 Å². The lowest BCUT2D eigenvalue weighted by Crippen LogP contribution is -2.61. The number of hydrogen-bond donors (Lipinski definition) is 0. The minimum absolute atomic E-state index is 0.0399. The predicted molar refractivity (Wildman–Crippen MR) is 224 cm³/mol. The van der Waals surface area contributed by atoms with Crippen molar-refractivity contribution in [3.8, 4) is 16.9 Å². The second-order valence-electron chi connectivity index (χ2n) is 14.4. The molecule has 0 spiro atoms. The lowest BCUT2D eigenvalue weighted by atomic mass is 9.31. The Labute approximate surface area is 318 Å². The smallest absolute Gasteiger partial charge is 0.247 e. The molecule has 2 aliphatic heterocycles. The largest absolute Gasteiger partial charge is 0.311 e. The fourth-order valence-corrected chi connectivity index (χ4v) is 9.63. The number of nitrogens with zero attached hydrogens (tertiary/aromatic N) is 6. The third-order valence-corrected chi connectivity index (χ3v) is 11.6. The fraction of sp³-hybridized carbons (Fsp3) is 0.0208. The van der Waals surface area contributed by atoms with Gasteiger partial charge in [0, 0.05) is 52.3 Å². The lowest BCUT2D eigenvalue weighted by molar-refractivity contribution is 0.886. The second-order valence-corrected chi connectivity index (χ2v) is 14.4. The van der Waals surface area contributed by atoms with Crippen LogP contribution in [0.2, 0.25) is 0 Å². The highest BCUT2D eigenvalue weighted by Crippen LogP contribution is 2.55. The molecule has 0 bridgehead atoms. The standard InChI is InChI=1S/C48H31BN6/c1-2-15-31(16-3-1)53-39-22-7-5-19-36(39)49-37-20-14-18-34-44-33-17-4-6-21-38(33)55(43-25-10-13-28-52-43)48(44)46(45(34)37)35-29-32(30-40(53)47(35)49)54(41-23-8-11-26-50-41)42-24-9-12-27-51-42/h1-30,46H. The maximum Gasteiger partial charge on any atom is 0.247 e. The molecule has 6 nitrogen and oxygen atoms in total. The van der Waals surface area contributed by atoms with Crippen LogP contribution >= 0.6 is 0 Å². The molecule has 7 heteroatoms. The van der Waals surface area contributed by atoms with Crippen LogP contribution in [-0.4, -0.2) is 26.2 Å². The average molecular weight is 703 g/mol. The van der Waals surface area contributed by atoms with Gasteiger partial charge in [0.15, 0.2) is 0 Å². The molecule has 6 heterocycles. The monoisotopic (exact) mass is 702 g/mol. The number of para-hydroxylation sites is 3. The normalized spacial score (nSPS) is 14.3. The molecule has 3 aliphatic rings. The van der Waals surface area contributed by atoms with E-state index in [-0.39, 0.29) is 12.6 Å². The van der Waals surface area contributed by atoms with Crippen LogP contribution in [0.15, 0.2) is 182 Å². The van der Waals surface area contributed by atoms with E-state index in [1.165, 1.54) is 55.4 Å². The molecule has 9 aromatic rings. The topological polar surface area (TPSA) is 50.1 Å². The third kappa shape index (κ3) is 4.23. The SMILES string of the molecule is c1ccc(N2c3ccccc3B3c4cccc5c4C(c4cc(N(c6ccccn6)c6ccccn6)cc2c43)c2c-5c3ccccc3n2-c2ccccn2)cc1. The summed E-state index contributed by atoms with van der Waals surface area (Å²) in [7, 11) is 0. The summed E-state index contributed by atoms with van der Waals surface area (Å²) in [6.07, 6.45) is 5.61. The molecule has 0 saturated carbocycles. The molecule has 0 fully saturated rings. The molecule has 0 radical (unpaired) electrons. The van der Waals surface area contributed by atoms with Crippen LogP contribution in [0.1, 0.15) is 22.7 Å². The zero-order valence-electron chi connectivity index (χ0n) is 29.7. The lowest BCUT2D eigenvalue weighted by Gasteiger charge is -2.43. The van der Waals surface area contributed by atoms with Crippen molar-refractivity contribution in [1.82, 2.24) is 19.5 Å². The van der Waals surface area contributed by atoms with Crippen molar-refractivity contribution in [2.24, 2.45) is 0 Å². The molecule has 1 aliphatic carbocycles. The zero-order chi connectivity index (χ0) is 36.0. The van der Waals surface area contributed by atoms with E-state index in [1.54, 1.807) is 0 Å². The molecule has 1 atom stereocenters. The first-order valence-corrected chi connectivity index (χ1v) is 18.8. The zero-order valence-corrected chi connectivity index (χ0v) is 29.7. The van der Waals surface area contributed by atoms with Crippen molar-refractivity contribution in [1.29, 1.82) is 0 Å². The Hall–Kier alpha value is -7.25. The number of rotatable bonds is 5. The summed E-state index contributed by atoms with van der Waals surface area (Å²) in [6.45, 7) is 0.0399.